The Morgan fingerprint density at radius 2 is 1.42 bits per heavy atom. The van der Waals surface area contributed by atoms with Crippen molar-refractivity contribution >= 4 is 83.3 Å². The van der Waals surface area contributed by atoms with Gasteiger partial charge in [-0.2, -0.15) is 0 Å². The number of sulfone groups is 1. The molecule has 3 heterocycles. The van der Waals surface area contributed by atoms with Gasteiger partial charge in [-0.3, -0.25) is 29.1 Å². The zero-order chi connectivity index (χ0) is 57.8. The van der Waals surface area contributed by atoms with Crippen LogP contribution in [0.1, 0.15) is 103 Å². The standard InChI is InChI=1S/C56H83N7O13S2/c1-35(2)36(3)59-51(66)45-28-38(32-63(45)52(67)49(54(5,6)7)61-50(65)37(4)62(14)53(68)76-55(8,9)10)27-40(64)33-74-24-23-72-20-19-71-21-22-73-25-26-75-46-31-43-41(30-48(46)78(69,70)56(11,12)13)42(17-18-57-43)60-39-15-16-47-44(29-39)58-34-77-47/h15-18,29-31,34-38,45,49H,19-28,32-33H2,1-14H3,(H,57,60)(H,59,66)(H,61,65)/t36-,37+,38+,45+,49-/m1/s1. The van der Waals surface area contributed by atoms with Crippen LogP contribution >= 0.6 is 11.3 Å². The molecule has 22 heteroatoms. The summed E-state index contributed by atoms with van der Waals surface area (Å²) in [4.78, 5) is 79.4. The van der Waals surface area contributed by atoms with Crippen molar-refractivity contribution in [1.82, 2.24) is 30.4 Å². The fourth-order valence-corrected chi connectivity index (χ4v) is 10.2. The fraction of sp³-hybridized carbons (Fsp3) is 0.625. The quantitative estimate of drug-likeness (QED) is 0.0484. The predicted molar refractivity (Wildman–Crippen MR) is 301 cm³/mol. The van der Waals surface area contributed by atoms with Crippen molar-refractivity contribution in [3.05, 3.63) is 48.1 Å². The molecular formula is C56H83N7O13S2. The first-order chi connectivity index (χ1) is 36.5. The van der Waals surface area contributed by atoms with Crippen LogP contribution in [-0.2, 0) is 52.7 Å². The Kier molecular flexibility index (Phi) is 22.4. The largest absolute Gasteiger partial charge is 0.490 e. The number of amides is 4. The van der Waals surface area contributed by atoms with E-state index in [0.717, 1.165) is 15.9 Å². The van der Waals surface area contributed by atoms with E-state index < -0.39 is 61.6 Å². The smallest absolute Gasteiger partial charge is 0.410 e. The van der Waals surface area contributed by atoms with Gasteiger partial charge in [-0.25, -0.2) is 18.2 Å². The maximum absolute atomic E-state index is 14.5. The van der Waals surface area contributed by atoms with Crippen molar-refractivity contribution in [3.63, 3.8) is 0 Å². The Bertz CT molecular complexity index is 2800. The number of ketones is 1. The highest BCUT2D eigenvalue weighted by atomic mass is 32.2. The number of likely N-dealkylation sites (N-methyl/N-ethyl adjacent to an activating group) is 1. The van der Waals surface area contributed by atoms with Crippen LogP contribution in [0.3, 0.4) is 0 Å². The van der Waals surface area contributed by atoms with Crippen LogP contribution in [0.25, 0.3) is 21.1 Å². The summed E-state index contributed by atoms with van der Waals surface area (Å²) in [6.07, 6.45) is 1.29. The van der Waals surface area contributed by atoms with Crippen LogP contribution in [0.2, 0.25) is 0 Å². The van der Waals surface area contributed by atoms with E-state index in [4.69, 9.17) is 28.4 Å². The van der Waals surface area contributed by atoms with Crippen LogP contribution in [0, 0.1) is 17.3 Å². The fourth-order valence-electron chi connectivity index (χ4n) is 8.24. The summed E-state index contributed by atoms with van der Waals surface area (Å²) in [5.41, 5.74) is 3.14. The summed E-state index contributed by atoms with van der Waals surface area (Å²) < 4.78 is 61.8. The average Bonchev–Trinajstić information content (AvgIpc) is 4.12. The second-order valence-corrected chi connectivity index (χ2v) is 26.7. The third-order valence-corrected chi connectivity index (χ3v) is 16.6. The SMILES string of the molecule is CC(C)[C@@H](C)NC(=O)[C@@H]1C[C@H](CC(=O)COCCOCCOCCOCCOc2cc3nccc(Nc4ccc5scnc5c4)c3cc2S(=O)(=O)C(C)(C)C)CN1C(=O)[C@@H](NC(=O)[C@H](C)N(C)C(=O)OC(C)(C)C)C(C)(C)C. The monoisotopic (exact) mass is 1130 g/mol. The summed E-state index contributed by atoms with van der Waals surface area (Å²) in [6, 6.07) is 7.85. The molecule has 1 fully saturated rings. The van der Waals surface area contributed by atoms with Gasteiger partial charge >= 0.3 is 6.09 Å². The van der Waals surface area contributed by atoms with Crippen LogP contribution in [0.15, 0.2) is 53.0 Å². The van der Waals surface area contributed by atoms with Crippen LogP contribution < -0.4 is 20.7 Å². The average molecular weight is 1130 g/mol. The summed E-state index contributed by atoms with van der Waals surface area (Å²) in [7, 11) is -2.39. The number of anilines is 2. The van der Waals surface area contributed by atoms with Gasteiger partial charge in [0.2, 0.25) is 17.7 Å². The predicted octanol–water partition coefficient (Wildman–Crippen LogP) is 7.73. The number of thiazole rings is 1. The molecule has 1 aliphatic heterocycles. The molecule has 78 heavy (non-hydrogen) atoms. The number of fused-ring (bicyclic) bond motifs is 2. The van der Waals surface area contributed by atoms with E-state index in [9.17, 15) is 32.4 Å². The Morgan fingerprint density at radius 1 is 0.795 bits per heavy atom. The van der Waals surface area contributed by atoms with E-state index in [0.29, 0.717) is 16.6 Å². The molecule has 2 aromatic carbocycles. The molecule has 0 saturated carbocycles. The van der Waals surface area contributed by atoms with Gasteiger partial charge in [0.25, 0.3) is 0 Å². The molecule has 20 nitrogen and oxygen atoms in total. The number of ether oxygens (including phenoxy) is 6. The molecule has 5 rings (SSSR count). The molecule has 0 spiro atoms. The molecule has 432 valence electrons. The molecule has 0 bridgehead atoms. The molecule has 1 saturated heterocycles. The first kappa shape index (κ1) is 63.3. The van der Waals surface area contributed by atoms with Crippen molar-refractivity contribution < 1.29 is 60.8 Å². The van der Waals surface area contributed by atoms with E-state index in [-0.39, 0.29) is 119 Å². The van der Waals surface area contributed by atoms with E-state index in [2.05, 4.69) is 25.9 Å². The van der Waals surface area contributed by atoms with Crippen molar-refractivity contribution in [2.45, 2.75) is 142 Å². The van der Waals surface area contributed by atoms with Crippen molar-refractivity contribution in [1.29, 1.82) is 0 Å². The second kappa shape index (κ2) is 27.6. The molecule has 1 aliphatic rings. The molecule has 3 N–H and O–H groups in total. The lowest BCUT2D eigenvalue weighted by Crippen LogP contribution is -2.60. The van der Waals surface area contributed by atoms with Gasteiger partial charge in [0, 0.05) is 55.1 Å². The first-order valence-electron chi connectivity index (χ1n) is 26.6. The lowest BCUT2D eigenvalue weighted by atomic mass is 9.85. The Labute approximate surface area is 464 Å². The van der Waals surface area contributed by atoms with Gasteiger partial charge in [-0.15, -0.1) is 11.3 Å². The summed E-state index contributed by atoms with van der Waals surface area (Å²) >= 11 is 1.55. The number of hydrogen-bond donors (Lipinski definition) is 3. The maximum Gasteiger partial charge on any atom is 0.410 e. The van der Waals surface area contributed by atoms with Gasteiger partial charge in [-0.05, 0) is 109 Å². The number of carbonyl (C=O) groups excluding carboxylic acids is 5. The Morgan fingerprint density at radius 3 is 2.03 bits per heavy atom. The number of pyridine rings is 1. The van der Waals surface area contributed by atoms with Gasteiger partial charge < -0.3 is 49.3 Å². The highest BCUT2D eigenvalue weighted by Crippen LogP contribution is 2.38. The molecule has 5 atom stereocenters. The number of Topliss-reactive ketones (excluding diaryl/α,β-unsaturated/α-hetero) is 1. The zero-order valence-electron chi connectivity index (χ0n) is 48.0. The summed E-state index contributed by atoms with van der Waals surface area (Å²) in [5, 5.41) is 9.91. The molecule has 4 aromatic rings. The number of rotatable bonds is 27. The van der Waals surface area contributed by atoms with Crippen molar-refractivity contribution in [3.8, 4) is 5.75 Å². The normalized spacial score (nSPS) is 16.5. The zero-order valence-corrected chi connectivity index (χ0v) is 49.6. The maximum atomic E-state index is 14.5. The highest BCUT2D eigenvalue weighted by Gasteiger charge is 2.46. The number of likely N-dealkylation sites (tertiary alicyclic amines) is 1. The molecule has 0 radical (unpaired) electrons. The third kappa shape index (κ3) is 17.7. The summed E-state index contributed by atoms with van der Waals surface area (Å²) in [6.45, 7) is 24.7. The van der Waals surface area contributed by atoms with Crippen molar-refractivity contribution in [2.75, 3.05) is 78.4 Å². The van der Waals surface area contributed by atoms with Gasteiger partial charge in [-0.1, -0.05) is 34.6 Å². The number of aromatic nitrogens is 2. The number of benzene rings is 2. The molecule has 2 aromatic heterocycles. The van der Waals surface area contributed by atoms with Crippen LogP contribution in [0.5, 0.6) is 5.75 Å². The third-order valence-electron chi connectivity index (χ3n) is 13.3. The van der Waals surface area contributed by atoms with E-state index in [1.165, 1.54) is 16.8 Å². The van der Waals surface area contributed by atoms with E-state index in [1.54, 1.807) is 89.7 Å². The van der Waals surface area contributed by atoms with Crippen LogP contribution in [-0.4, -0.2) is 165 Å². The minimum Gasteiger partial charge on any atom is -0.490 e. The summed E-state index contributed by atoms with van der Waals surface area (Å²) in [5.74, 6) is -1.57. The molecular weight excluding hydrogens is 1040 g/mol. The minimum absolute atomic E-state index is 0.0575. The lowest BCUT2D eigenvalue weighted by molar-refractivity contribution is -0.144. The number of carbonyl (C=O) groups is 5. The second-order valence-electron chi connectivity index (χ2n) is 23.2. The van der Waals surface area contributed by atoms with Crippen molar-refractivity contribution in [2.24, 2.45) is 17.3 Å². The van der Waals surface area contributed by atoms with Crippen LogP contribution in [0.4, 0.5) is 16.2 Å². The first-order valence-corrected chi connectivity index (χ1v) is 28.9. The molecule has 0 unspecified atom stereocenters. The molecule has 4 amide bonds. The van der Waals surface area contributed by atoms with Gasteiger partial charge in [0.15, 0.2) is 15.6 Å². The van der Waals surface area contributed by atoms with Gasteiger partial charge in [0.05, 0.1) is 72.2 Å². The molecule has 0 aliphatic carbocycles. The number of hydrogen-bond acceptors (Lipinski definition) is 17. The highest BCUT2D eigenvalue weighted by molar-refractivity contribution is 7.92. The topological polar surface area (TPSA) is 243 Å². The minimum atomic E-state index is -3.84. The Balaban J connectivity index is 1.03. The van der Waals surface area contributed by atoms with E-state index >= 15 is 0 Å². The Hall–Kier alpha value is -5.52. The van der Waals surface area contributed by atoms with Gasteiger partial charge in [0.1, 0.15) is 47.6 Å². The lowest BCUT2D eigenvalue weighted by Gasteiger charge is -2.37. The van der Waals surface area contributed by atoms with E-state index in [1.807, 2.05) is 59.7 Å². The number of nitrogens with zero attached hydrogens (tertiary/aromatic N) is 4. The number of nitrogens with one attached hydrogen (secondary N) is 3.